The second-order valence-electron chi connectivity index (χ2n) is 5.64. The van der Waals surface area contributed by atoms with Crippen LogP contribution in [0.3, 0.4) is 0 Å². The van der Waals surface area contributed by atoms with Crippen LogP contribution in [0.15, 0.2) is 6.07 Å². The standard InChI is InChI=1S/C15H26N2S/c1-12-5-4-7-17(8-6-12)11-14-9-15(10-16-3)18-13(14)2/h9,12,16H,4-8,10-11H2,1-3H3. The van der Waals surface area contributed by atoms with Crippen molar-refractivity contribution in [2.75, 3.05) is 20.1 Å². The second-order valence-corrected chi connectivity index (χ2v) is 6.98. The van der Waals surface area contributed by atoms with Crippen LogP contribution in [-0.2, 0) is 13.1 Å². The van der Waals surface area contributed by atoms with Gasteiger partial charge in [0.05, 0.1) is 0 Å². The van der Waals surface area contributed by atoms with Gasteiger partial charge in [-0.25, -0.2) is 0 Å². The maximum atomic E-state index is 3.24. The lowest BCUT2D eigenvalue weighted by Gasteiger charge is -2.19. The smallest absolute Gasteiger partial charge is 0.0296 e. The van der Waals surface area contributed by atoms with Crippen LogP contribution in [0.1, 0.15) is 41.5 Å². The van der Waals surface area contributed by atoms with Gasteiger partial charge in [-0.15, -0.1) is 11.3 Å². The number of thiophene rings is 1. The number of nitrogens with zero attached hydrogens (tertiary/aromatic N) is 1. The molecule has 0 aromatic carbocycles. The van der Waals surface area contributed by atoms with Gasteiger partial charge in [0, 0.05) is 22.8 Å². The number of nitrogens with one attached hydrogen (secondary N) is 1. The zero-order valence-electron chi connectivity index (χ0n) is 12.0. The summed E-state index contributed by atoms with van der Waals surface area (Å²) in [5, 5.41) is 3.24. The molecule has 1 aliphatic heterocycles. The van der Waals surface area contributed by atoms with Crippen molar-refractivity contribution in [3.63, 3.8) is 0 Å². The van der Waals surface area contributed by atoms with Crippen molar-refractivity contribution in [3.8, 4) is 0 Å². The van der Waals surface area contributed by atoms with Crippen molar-refractivity contribution < 1.29 is 0 Å². The molecule has 3 heteroatoms. The molecule has 0 amide bonds. The van der Waals surface area contributed by atoms with E-state index in [1.165, 1.54) is 42.1 Å². The first-order valence-corrected chi connectivity index (χ1v) is 7.96. The molecule has 1 aromatic rings. The zero-order valence-corrected chi connectivity index (χ0v) is 12.8. The van der Waals surface area contributed by atoms with E-state index in [2.05, 4.69) is 30.1 Å². The van der Waals surface area contributed by atoms with Gasteiger partial charge >= 0.3 is 0 Å². The van der Waals surface area contributed by atoms with Gasteiger partial charge < -0.3 is 5.32 Å². The predicted octanol–water partition coefficient (Wildman–Crippen LogP) is 3.40. The molecule has 0 bridgehead atoms. The number of likely N-dealkylation sites (tertiary alicyclic amines) is 1. The molecule has 0 spiro atoms. The van der Waals surface area contributed by atoms with Crippen LogP contribution in [0, 0.1) is 12.8 Å². The van der Waals surface area contributed by atoms with Gasteiger partial charge in [0.25, 0.3) is 0 Å². The summed E-state index contributed by atoms with van der Waals surface area (Å²) >= 11 is 1.94. The number of hydrogen-bond donors (Lipinski definition) is 1. The fourth-order valence-electron chi connectivity index (χ4n) is 2.73. The van der Waals surface area contributed by atoms with Gasteiger partial charge in [0.1, 0.15) is 0 Å². The molecule has 2 heterocycles. The molecule has 2 rings (SSSR count). The van der Waals surface area contributed by atoms with Crippen molar-refractivity contribution in [2.45, 2.75) is 46.2 Å². The molecule has 1 saturated heterocycles. The van der Waals surface area contributed by atoms with E-state index in [1.54, 1.807) is 5.56 Å². The summed E-state index contributed by atoms with van der Waals surface area (Å²) in [5.41, 5.74) is 1.54. The fourth-order valence-corrected chi connectivity index (χ4v) is 3.79. The average Bonchev–Trinajstić information content (AvgIpc) is 2.54. The number of hydrogen-bond acceptors (Lipinski definition) is 3. The van der Waals surface area contributed by atoms with Crippen LogP contribution in [0.2, 0.25) is 0 Å². The van der Waals surface area contributed by atoms with Gasteiger partial charge in [-0.05, 0) is 63.9 Å². The number of aryl methyl sites for hydroxylation is 1. The van der Waals surface area contributed by atoms with Crippen LogP contribution in [0.4, 0.5) is 0 Å². The lowest BCUT2D eigenvalue weighted by Crippen LogP contribution is -2.24. The highest BCUT2D eigenvalue weighted by atomic mass is 32.1. The number of rotatable bonds is 4. The lowest BCUT2D eigenvalue weighted by molar-refractivity contribution is 0.273. The van der Waals surface area contributed by atoms with Crippen LogP contribution < -0.4 is 5.32 Å². The molecule has 1 N–H and O–H groups in total. The topological polar surface area (TPSA) is 15.3 Å². The van der Waals surface area contributed by atoms with E-state index in [4.69, 9.17) is 0 Å². The fraction of sp³-hybridized carbons (Fsp3) is 0.733. The highest BCUT2D eigenvalue weighted by Crippen LogP contribution is 2.24. The summed E-state index contributed by atoms with van der Waals surface area (Å²) < 4.78 is 0. The first-order chi connectivity index (χ1) is 8.69. The van der Waals surface area contributed by atoms with Crippen molar-refractivity contribution in [3.05, 3.63) is 21.4 Å². The Bertz CT molecular complexity index is 373. The minimum Gasteiger partial charge on any atom is -0.315 e. The normalized spacial score (nSPS) is 22.1. The van der Waals surface area contributed by atoms with Gasteiger partial charge in [0.15, 0.2) is 0 Å². The first kappa shape index (κ1) is 14.0. The summed E-state index contributed by atoms with van der Waals surface area (Å²) in [6.45, 7) is 9.37. The average molecular weight is 266 g/mol. The molecular weight excluding hydrogens is 240 g/mol. The Labute approximate surface area is 115 Å². The first-order valence-electron chi connectivity index (χ1n) is 7.14. The third-order valence-electron chi connectivity index (χ3n) is 3.93. The molecule has 1 aromatic heterocycles. The highest BCUT2D eigenvalue weighted by Gasteiger charge is 2.15. The Balaban J connectivity index is 1.95. The van der Waals surface area contributed by atoms with E-state index in [9.17, 15) is 0 Å². The van der Waals surface area contributed by atoms with Crippen LogP contribution in [0.5, 0.6) is 0 Å². The molecule has 1 aliphatic rings. The Morgan fingerprint density at radius 1 is 1.39 bits per heavy atom. The minimum absolute atomic E-state index is 0.915. The molecular formula is C15H26N2S. The van der Waals surface area contributed by atoms with E-state index in [1.807, 2.05) is 18.4 Å². The third-order valence-corrected chi connectivity index (χ3v) is 5.02. The summed E-state index contributed by atoms with van der Waals surface area (Å²) in [6.07, 6.45) is 4.14. The Morgan fingerprint density at radius 2 is 2.22 bits per heavy atom. The van der Waals surface area contributed by atoms with Gasteiger partial charge in [-0.3, -0.25) is 4.90 Å². The van der Waals surface area contributed by atoms with Crippen molar-refractivity contribution >= 4 is 11.3 Å². The minimum atomic E-state index is 0.915. The third kappa shape index (κ3) is 3.81. The quantitative estimate of drug-likeness (QED) is 0.898. The predicted molar refractivity (Wildman–Crippen MR) is 80.1 cm³/mol. The van der Waals surface area contributed by atoms with E-state index >= 15 is 0 Å². The summed E-state index contributed by atoms with van der Waals surface area (Å²) in [5.74, 6) is 0.915. The van der Waals surface area contributed by atoms with Crippen molar-refractivity contribution in [1.82, 2.24) is 10.2 Å². The second kappa shape index (κ2) is 6.69. The molecule has 102 valence electrons. The maximum Gasteiger partial charge on any atom is 0.0296 e. The Hall–Kier alpha value is -0.380. The molecule has 18 heavy (non-hydrogen) atoms. The summed E-state index contributed by atoms with van der Waals surface area (Å²) in [7, 11) is 2.02. The van der Waals surface area contributed by atoms with Gasteiger partial charge in [-0.1, -0.05) is 6.92 Å². The van der Waals surface area contributed by atoms with Gasteiger partial charge in [-0.2, -0.15) is 0 Å². The molecule has 1 unspecified atom stereocenters. The molecule has 1 fully saturated rings. The zero-order chi connectivity index (χ0) is 13.0. The monoisotopic (exact) mass is 266 g/mol. The van der Waals surface area contributed by atoms with Crippen LogP contribution in [0.25, 0.3) is 0 Å². The van der Waals surface area contributed by atoms with Crippen LogP contribution >= 0.6 is 11.3 Å². The molecule has 1 atom stereocenters. The molecule has 0 saturated carbocycles. The van der Waals surface area contributed by atoms with E-state index in [0.29, 0.717) is 0 Å². The van der Waals surface area contributed by atoms with E-state index in [-0.39, 0.29) is 0 Å². The molecule has 0 aliphatic carbocycles. The van der Waals surface area contributed by atoms with E-state index in [0.717, 1.165) is 19.0 Å². The van der Waals surface area contributed by atoms with Crippen LogP contribution in [-0.4, -0.2) is 25.0 Å². The Morgan fingerprint density at radius 3 is 3.00 bits per heavy atom. The highest BCUT2D eigenvalue weighted by molar-refractivity contribution is 7.12. The van der Waals surface area contributed by atoms with Crippen molar-refractivity contribution in [2.24, 2.45) is 5.92 Å². The van der Waals surface area contributed by atoms with Gasteiger partial charge in [0.2, 0.25) is 0 Å². The Kier molecular flexibility index (Phi) is 5.22. The molecule has 2 nitrogen and oxygen atoms in total. The lowest BCUT2D eigenvalue weighted by atomic mass is 10.0. The van der Waals surface area contributed by atoms with Crippen molar-refractivity contribution in [1.29, 1.82) is 0 Å². The molecule has 0 radical (unpaired) electrons. The maximum absolute atomic E-state index is 3.24. The summed E-state index contributed by atoms with van der Waals surface area (Å²) in [4.78, 5) is 5.60. The summed E-state index contributed by atoms with van der Waals surface area (Å²) in [6, 6.07) is 2.39. The largest absolute Gasteiger partial charge is 0.315 e. The SMILES string of the molecule is CNCc1cc(CN2CCCC(C)CC2)c(C)s1. The van der Waals surface area contributed by atoms with E-state index < -0.39 is 0 Å².